The average molecular weight is 342 g/mol. The molecule has 25 heavy (non-hydrogen) atoms. The van der Waals surface area contributed by atoms with Crippen molar-refractivity contribution in [3.63, 3.8) is 0 Å². The highest BCUT2D eigenvalue weighted by Gasteiger charge is 2.14. The lowest BCUT2D eigenvalue weighted by atomic mass is 10.2. The molecule has 0 aliphatic carbocycles. The van der Waals surface area contributed by atoms with Crippen molar-refractivity contribution in [2.24, 2.45) is 0 Å². The van der Waals surface area contributed by atoms with E-state index in [1.54, 1.807) is 25.3 Å². The summed E-state index contributed by atoms with van der Waals surface area (Å²) < 4.78 is 20.2. The average Bonchev–Trinajstić information content (AvgIpc) is 3.17. The van der Waals surface area contributed by atoms with Crippen LogP contribution in [-0.2, 0) is 13.0 Å². The summed E-state index contributed by atoms with van der Waals surface area (Å²) in [4.78, 5) is 20.3. The minimum atomic E-state index is -0.289. The monoisotopic (exact) mass is 342 g/mol. The number of imidazole rings is 1. The van der Waals surface area contributed by atoms with E-state index >= 15 is 0 Å². The molecule has 1 aromatic carbocycles. The van der Waals surface area contributed by atoms with Gasteiger partial charge in [0.05, 0.1) is 5.69 Å². The molecular weight excluding hydrogens is 323 g/mol. The number of nitrogens with one attached hydrogen (secondary N) is 1. The maximum atomic E-state index is 13.0. The molecule has 0 saturated heterocycles. The Bertz CT molecular complexity index is 868. The van der Waals surface area contributed by atoms with Gasteiger partial charge >= 0.3 is 0 Å². The summed E-state index contributed by atoms with van der Waals surface area (Å²) in [7, 11) is 0. The van der Waals surface area contributed by atoms with E-state index in [2.05, 4.69) is 19.9 Å². The summed E-state index contributed by atoms with van der Waals surface area (Å²) in [6.07, 6.45) is 3.62. The summed E-state index contributed by atoms with van der Waals surface area (Å²) in [6, 6.07) is 6.41. The van der Waals surface area contributed by atoms with Gasteiger partial charge in [0.15, 0.2) is 6.39 Å². The number of oxazole rings is 1. The summed E-state index contributed by atoms with van der Waals surface area (Å²) >= 11 is 0. The lowest BCUT2D eigenvalue weighted by molar-refractivity contribution is 0.0925. The number of carbonyl (C=O) groups excluding carboxylic acids is 1. The second-order valence-corrected chi connectivity index (χ2v) is 5.80. The van der Waals surface area contributed by atoms with Crippen LogP contribution in [0.4, 0.5) is 4.39 Å². The highest BCUT2D eigenvalue weighted by molar-refractivity contribution is 5.92. The summed E-state index contributed by atoms with van der Waals surface area (Å²) in [5.41, 5.74) is 2.56. The van der Waals surface area contributed by atoms with Gasteiger partial charge in [-0.2, -0.15) is 0 Å². The first-order valence-electron chi connectivity index (χ1n) is 7.98. The van der Waals surface area contributed by atoms with Crippen LogP contribution >= 0.6 is 0 Å². The van der Waals surface area contributed by atoms with Crippen molar-refractivity contribution in [3.8, 4) is 0 Å². The van der Waals surface area contributed by atoms with E-state index in [0.29, 0.717) is 25.2 Å². The van der Waals surface area contributed by atoms with Crippen LogP contribution < -0.4 is 5.32 Å². The second-order valence-electron chi connectivity index (χ2n) is 5.80. The largest absolute Gasteiger partial charge is 0.438 e. The van der Waals surface area contributed by atoms with Gasteiger partial charge in [0.25, 0.3) is 5.91 Å². The first kappa shape index (κ1) is 16.9. The number of carbonyl (C=O) groups is 1. The number of halogens is 1. The molecule has 0 aliphatic rings. The molecule has 130 valence electrons. The number of hydrogen-bond acceptors (Lipinski definition) is 4. The number of aryl methyl sites for hydroxylation is 2. The maximum Gasteiger partial charge on any atom is 0.289 e. The zero-order valence-corrected chi connectivity index (χ0v) is 14.1. The molecule has 3 rings (SSSR count). The van der Waals surface area contributed by atoms with Crippen LogP contribution in [0.15, 0.2) is 41.3 Å². The lowest BCUT2D eigenvalue weighted by Gasteiger charge is -2.11. The fraction of sp³-hybridized carbons (Fsp3) is 0.278. The van der Waals surface area contributed by atoms with Crippen molar-refractivity contribution in [1.82, 2.24) is 19.9 Å². The summed E-state index contributed by atoms with van der Waals surface area (Å²) in [5.74, 6) is 0.544. The van der Waals surface area contributed by atoms with E-state index in [1.165, 1.54) is 18.5 Å². The van der Waals surface area contributed by atoms with Crippen LogP contribution in [-0.4, -0.2) is 27.0 Å². The Labute approximate surface area is 144 Å². The van der Waals surface area contributed by atoms with Crippen LogP contribution in [0.5, 0.6) is 0 Å². The minimum Gasteiger partial charge on any atom is -0.438 e. The molecule has 0 unspecified atom stereocenters. The molecule has 0 spiro atoms. The first-order valence-corrected chi connectivity index (χ1v) is 7.98. The first-order chi connectivity index (χ1) is 12.0. The molecule has 2 heterocycles. The molecule has 1 N–H and O–H groups in total. The topological polar surface area (TPSA) is 73.0 Å². The van der Waals surface area contributed by atoms with E-state index in [9.17, 15) is 9.18 Å². The van der Waals surface area contributed by atoms with Gasteiger partial charge in [-0.15, -0.1) is 0 Å². The van der Waals surface area contributed by atoms with Crippen LogP contribution in [0.1, 0.15) is 33.3 Å². The normalized spacial score (nSPS) is 10.8. The number of hydrogen-bond donors (Lipinski definition) is 1. The van der Waals surface area contributed by atoms with Gasteiger partial charge in [0.2, 0.25) is 5.76 Å². The third-order valence-corrected chi connectivity index (χ3v) is 3.98. The Morgan fingerprint density at radius 1 is 1.24 bits per heavy atom. The molecule has 0 aliphatic heterocycles. The van der Waals surface area contributed by atoms with Gasteiger partial charge in [0, 0.05) is 31.4 Å². The predicted molar refractivity (Wildman–Crippen MR) is 89.7 cm³/mol. The van der Waals surface area contributed by atoms with Crippen LogP contribution in [0.2, 0.25) is 0 Å². The van der Waals surface area contributed by atoms with E-state index in [4.69, 9.17) is 4.42 Å². The molecule has 0 atom stereocenters. The van der Waals surface area contributed by atoms with Crippen LogP contribution in [0.3, 0.4) is 0 Å². The molecule has 0 fully saturated rings. The molecule has 0 radical (unpaired) electrons. The number of aromatic nitrogens is 3. The van der Waals surface area contributed by atoms with Gasteiger partial charge in [-0.3, -0.25) is 4.79 Å². The zero-order chi connectivity index (χ0) is 17.8. The van der Waals surface area contributed by atoms with Gasteiger partial charge in [0.1, 0.15) is 11.6 Å². The van der Waals surface area contributed by atoms with Gasteiger partial charge < -0.3 is 14.3 Å². The van der Waals surface area contributed by atoms with E-state index in [-0.39, 0.29) is 17.5 Å². The fourth-order valence-electron chi connectivity index (χ4n) is 2.59. The molecule has 2 aromatic heterocycles. The van der Waals surface area contributed by atoms with Gasteiger partial charge in [-0.25, -0.2) is 14.4 Å². The Hall–Kier alpha value is -2.96. The minimum absolute atomic E-state index is 0.228. The Kier molecular flexibility index (Phi) is 4.92. The van der Waals surface area contributed by atoms with Crippen LogP contribution in [0.25, 0.3) is 0 Å². The summed E-state index contributed by atoms with van der Waals surface area (Å²) in [6.45, 7) is 4.73. The molecule has 0 bridgehead atoms. The SMILES string of the molecule is Cc1ncoc1C(=O)NCCc1ncc(C)n1Cc1ccc(F)cc1. The second kappa shape index (κ2) is 7.29. The molecule has 3 aromatic rings. The van der Waals surface area contributed by atoms with Gasteiger partial charge in [-0.05, 0) is 31.5 Å². The van der Waals surface area contributed by atoms with E-state index in [1.807, 2.05) is 6.92 Å². The quantitative estimate of drug-likeness (QED) is 0.747. The van der Waals surface area contributed by atoms with Crippen molar-refractivity contribution in [3.05, 3.63) is 71.2 Å². The number of benzene rings is 1. The maximum absolute atomic E-state index is 13.0. The Balaban J connectivity index is 1.62. The molecule has 0 saturated carbocycles. The highest BCUT2D eigenvalue weighted by atomic mass is 19.1. The van der Waals surface area contributed by atoms with Crippen molar-refractivity contribution < 1.29 is 13.6 Å². The van der Waals surface area contributed by atoms with E-state index < -0.39 is 0 Å². The van der Waals surface area contributed by atoms with Crippen molar-refractivity contribution in [1.29, 1.82) is 0 Å². The van der Waals surface area contributed by atoms with Crippen molar-refractivity contribution in [2.45, 2.75) is 26.8 Å². The van der Waals surface area contributed by atoms with E-state index in [0.717, 1.165) is 17.1 Å². The predicted octanol–water partition coefficient (Wildman–Crippen LogP) is 2.65. The molecule has 1 amide bonds. The summed E-state index contributed by atoms with van der Waals surface area (Å²) in [5, 5.41) is 2.81. The zero-order valence-electron chi connectivity index (χ0n) is 14.1. The third kappa shape index (κ3) is 3.93. The third-order valence-electron chi connectivity index (χ3n) is 3.98. The standard InChI is InChI=1S/C18H19FN4O2/c1-12-9-21-16(23(12)10-14-3-5-15(19)6-4-14)7-8-20-18(24)17-13(2)22-11-25-17/h3-6,9,11H,7-8,10H2,1-2H3,(H,20,24). The highest BCUT2D eigenvalue weighted by Crippen LogP contribution is 2.11. The molecular formula is C18H19FN4O2. The van der Waals surface area contributed by atoms with Crippen molar-refractivity contribution >= 4 is 5.91 Å². The lowest BCUT2D eigenvalue weighted by Crippen LogP contribution is -2.26. The number of nitrogens with zero attached hydrogens (tertiary/aromatic N) is 3. The van der Waals surface area contributed by atoms with Gasteiger partial charge in [-0.1, -0.05) is 12.1 Å². The molecule has 7 heteroatoms. The number of rotatable bonds is 6. The Morgan fingerprint density at radius 2 is 2.00 bits per heavy atom. The molecule has 6 nitrogen and oxygen atoms in total. The van der Waals surface area contributed by atoms with Crippen LogP contribution in [0, 0.1) is 19.7 Å². The Morgan fingerprint density at radius 3 is 2.68 bits per heavy atom. The number of amides is 1. The fourth-order valence-corrected chi connectivity index (χ4v) is 2.59. The van der Waals surface area contributed by atoms with Crippen molar-refractivity contribution in [2.75, 3.05) is 6.54 Å². The smallest absolute Gasteiger partial charge is 0.289 e.